The summed E-state index contributed by atoms with van der Waals surface area (Å²) in [5.74, 6) is 1.07. The summed E-state index contributed by atoms with van der Waals surface area (Å²) >= 11 is 0. The zero-order chi connectivity index (χ0) is 24.3. The smallest absolute Gasteiger partial charge is 0.178 e. The number of aromatic nitrogens is 4. The monoisotopic (exact) mass is 474 g/mol. The maximum absolute atomic E-state index is 6.16. The van der Waals surface area contributed by atoms with Crippen molar-refractivity contribution in [3.05, 3.63) is 119 Å². The van der Waals surface area contributed by atoms with Crippen molar-refractivity contribution in [3.63, 3.8) is 0 Å². The highest BCUT2D eigenvalue weighted by Gasteiger charge is 2.28. The summed E-state index contributed by atoms with van der Waals surface area (Å²) in [5.41, 5.74) is 14.1. The molecule has 0 saturated heterocycles. The molecule has 0 fully saturated rings. The van der Waals surface area contributed by atoms with Gasteiger partial charge >= 0.3 is 0 Å². The van der Waals surface area contributed by atoms with Gasteiger partial charge in [-0.15, -0.1) is 5.10 Å². The van der Waals surface area contributed by atoms with Crippen molar-refractivity contribution < 1.29 is 0 Å². The van der Waals surface area contributed by atoms with Crippen LogP contribution in [0.25, 0.3) is 11.2 Å². The molecule has 0 bridgehead atoms. The maximum atomic E-state index is 6.16. The number of nitrogens with zero attached hydrogens (tertiary/aromatic N) is 3. The standard InChI is InChI=1S/C30H30N6/c31-28-19-26(29-30(33-28)35-36-34-29)23(21-11-5-2-6-12-21)17-18-32-27-16-15-22(20-9-3-1-4-10-20)24-13-7-8-14-25(24)27/h1-14,19,22-23,27,32H,15-18H2,(H3,31,33,34,35,36)/t22-,23?,27+/m1/s1. The second kappa shape index (κ2) is 9.91. The van der Waals surface area contributed by atoms with Crippen LogP contribution < -0.4 is 11.1 Å². The summed E-state index contributed by atoms with van der Waals surface area (Å²) in [7, 11) is 0. The van der Waals surface area contributed by atoms with E-state index >= 15 is 0 Å². The van der Waals surface area contributed by atoms with Gasteiger partial charge in [0.15, 0.2) is 5.65 Å². The van der Waals surface area contributed by atoms with Crippen molar-refractivity contribution in [2.45, 2.75) is 37.1 Å². The first kappa shape index (κ1) is 22.4. The Balaban J connectivity index is 1.25. The van der Waals surface area contributed by atoms with E-state index in [1.54, 1.807) is 0 Å². The van der Waals surface area contributed by atoms with Crippen LogP contribution in [0.1, 0.15) is 65.0 Å². The van der Waals surface area contributed by atoms with Crippen LogP contribution in [0.15, 0.2) is 91.0 Å². The molecule has 6 nitrogen and oxygen atoms in total. The molecule has 0 aliphatic heterocycles. The molecule has 6 heteroatoms. The Morgan fingerprint density at radius 3 is 2.42 bits per heavy atom. The van der Waals surface area contributed by atoms with Crippen molar-refractivity contribution in [3.8, 4) is 0 Å². The van der Waals surface area contributed by atoms with Gasteiger partial charge in [0.2, 0.25) is 0 Å². The Morgan fingerprint density at radius 2 is 1.61 bits per heavy atom. The molecule has 3 aromatic carbocycles. The minimum Gasteiger partial charge on any atom is -0.384 e. The molecule has 1 unspecified atom stereocenters. The molecule has 1 aliphatic carbocycles. The van der Waals surface area contributed by atoms with Crippen molar-refractivity contribution >= 4 is 17.0 Å². The van der Waals surface area contributed by atoms with E-state index in [1.165, 1.54) is 22.3 Å². The molecule has 0 amide bonds. The zero-order valence-corrected chi connectivity index (χ0v) is 20.1. The fourth-order valence-electron chi connectivity index (χ4n) is 5.77. The van der Waals surface area contributed by atoms with Crippen LogP contribution >= 0.6 is 0 Å². The molecule has 180 valence electrons. The second-order valence-electron chi connectivity index (χ2n) is 9.57. The second-order valence-corrected chi connectivity index (χ2v) is 9.57. The van der Waals surface area contributed by atoms with E-state index in [0.717, 1.165) is 36.9 Å². The molecular formula is C30H30N6. The molecule has 4 N–H and O–H groups in total. The lowest BCUT2D eigenvalue weighted by atomic mass is 9.76. The lowest BCUT2D eigenvalue weighted by molar-refractivity contribution is 0.433. The minimum atomic E-state index is 0.132. The number of rotatable bonds is 7. The Morgan fingerprint density at radius 1 is 0.889 bits per heavy atom. The van der Waals surface area contributed by atoms with E-state index in [4.69, 9.17) is 5.73 Å². The summed E-state index contributed by atoms with van der Waals surface area (Å²) in [5, 5.41) is 15.1. The van der Waals surface area contributed by atoms with Crippen LogP contribution in [0.5, 0.6) is 0 Å². The summed E-state index contributed by atoms with van der Waals surface area (Å²) in [6.45, 7) is 0.871. The number of fused-ring (bicyclic) bond motifs is 2. The van der Waals surface area contributed by atoms with Gasteiger partial charge in [-0.25, -0.2) is 10.1 Å². The number of nitrogens with one attached hydrogen (secondary N) is 2. The summed E-state index contributed by atoms with van der Waals surface area (Å²) in [4.78, 5) is 4.36. The Kier molecular flexibility index (Phi) is 6.18. The van der Waals surface area contributed by atoms with E-state index in [0.29, 0.717) is 23.4 Å². The summed E-state index contributed by atoms with van der Waals surface area (Å²) in [6, 6.07) is 32.7. The first-order valence-electron chi connectivity index (χ1n) is 12.7. The van der Waals surface area contributed by atoms with Gasteiger partial charge in [0.05, 0.1) is 0 Å². The molecule has 2 aromatic heterocycles. The molecule has 6 rings (SSSR count). The first-order chi connectivity index (χ1) is 17.8. The highest BCUT2D eigenvalue weighted by molar-refractivity contribution is 5.77. The third kappa shape index (κ3) is 4.36. The van der Waals surface area contributed by atoms with E-state index < -0.39 is 0 Å². The normalized spacial score (nSPS) is 18.1. The van der Waals surface area contributed by atoms with Crippen LogP contribution in [0.3, 0.4) is 0 Å². The lowest BCUT2D eigenvalue weighted by Gasteiger charge is -2.33. The van der Waals surface area contributed by atoms with Crippen LogP contribution in [0.2, 0.25) is 0 Å². The quantitative estimate of drug-likeness (QED) is 0.281. The Bertz CT molecular complexity index is 1450. The molecule has 0 saturated carbocycles. The van der Waals surface area contributed by atoms with Gasteiger partial charge in [-0.2, -0.15) is 0 Å². The topological polar surface area (TPSA) is 92.5 Å². The SMILES string of the molecule is Nc1cc(C(CCN[C@H]2CC[C@H](c3ccccc3)c3ccccc32)c2ccccc2)c2nn[nH]c2n1. The molecule has 1 aliphatic rings. The number of aromatic amines is 1. The lowest BCUT2D eigenvalue weighted by Crippen LogP contribution is -2.28. The van der Waals surface area contributed by atoms with Gasteiger partial charge < -0.3 is 11.1 Å². The number of hydrogen-bond donors (Lipinski definition) is 3. The highest BCUT2D eigenvalue weighted by Crippen LogP contribution is 2.41. The van der Waals surface area contributed by atoms with E-state index in [-0.39, 0.29) is 5.92 Å². The van der Waals surface area contributed by atoms with Gasteiger partial charge in [-0.1, -0.05) is 90.1 Å². The van der Waals surface area contributed by atoms with Gasteiger partial charge in [0.1, 0.15) is 11.3 Å². The maximum Gasteiger partial charge on any atom is 0.178 e. The fraction of sp³-hybridized carbons (Fsp3) is 0.233. The van der Waals surface area contributed by atoms with Crippen LogP contribution in [0, 0.1) is 0 Å². The average molecular weight is 475 g/mol. The number of benzene rings is 3. The Hall–Kier alpha value is -4.03. The fourth-order valence-corrected chi connectivity index (χ4v) is 5.77. The molecular weight excluding hydrogens is 444 g/mol. The predicted octanol–water partition coefficient (Wildman–Crippen LogP) is 5.71. The number of pyridine rings is 1. The third-order valence-corrected chi connectivity index (χ3v) is 7.44. The first-order valence-corrected chi connectivity index (χ1v) is 12.7. The van der Waals surface area contributed by atoms with E-state index in [1.807, 2.05) is 12.1 Å². The van der Waals surface area contributed by atoms with Gasteiger partial charge in [-0.05, 0) is 59.7 Å². The van der Waals surface area contributed by atoms with Gasteiger partial charge in [0, 0.05) is 17.9 Å². The largest absolute Gasteiger partial charge is 0.384 e. The van der Waals surface area contributed by atoms with Gasteiger partial charge in [-0.3, -0.25) is 0 Å². The molecule has 5 aromatic rings. The van der Waals surface area contributed by atoms with Crippen LogP contribution in [0.4, 0.5) is 5.82 Å². The molecule has 2 heterocycles. The zero-order valence-electron chi connectivity index (χ0n) is 20.1. The van der Waals surface area contributed by atoms with Crippen molar-refractivity contribution in [1.29, 1.82) is 0 Å². The minimum absolute atomic E-state index is 0.132. The van der Waals surface area contributed by atoms with E-state index in [9.17, 15) is 0 Å². The van der Waals surface area contributed by atoms with Crippen LogP contribution in [-0.4, -0.2) is 26.9 Å². The Labute approximate surface area is 211 Å². The van der Waals surface area contributed by atoms with E-state index in [2.05, 4.69) is 105 Å². The number of nitrogens with two attached hydrogens (primary N) is 1. The van der Waals surface area contributed by atoms with Crippen molar-refractivity contribution in [2.24, 2.45) is 0 Å². The number of H-pyrrole nitrogens is 1. The molecule has 36 heavy (non-hydrogen) atoms. The van der Waals surface area contributed by atoms with Crippen molar-refractivity contribution in [2.75, 3.05) is 12.3 Å². The average Bonchev–Trinajstić information content (AvgIpc) is 3.40. The van der Waals surface area contributed by atoms with Gasteiger partial charge in [0.25, 0.3) is 0 Å². The summed E-state index contributed by atoms with van der Waals surface area (Å²) in [6.07, 6.45) is 3.17. The summed E-state index contributed by atoms with van der Waals surface area (Å²) < 4.78 is 0. The number of anilines is 1. The molecule has 0 radical (unpaired) electrons. The number of nitrogen functional groups attached to an aromatic ring is 1. The molecule has 3 atom stereocenters. The molecule has 0 spiro atoms. The highest BCUT2D eigenvalue weighted by atomic mass is 15.3. The predicted molar refractivity (Wildman–Crippen MR) is 144 cm³/mol. The number of hydrogen-bond acceptors (Lipinski definition) is 5. The third-order valence-electron chi connectivity index (χ3n) is 7.44. The van der Waals surface area contributed by atoms with Crippen molar-refractivity contribution in [1.82, 2.24) is 25.7 Å². The van der Waals surface area contributed by atoms with Crippen LogP contribution in [-0.2, 0) is 0 Å².